The maximum absolute atomic E-state index is 6.29. The molecule has 0 atom stereocenters. The number of nitrogens with two attached hydrogens (primary N) is 1. The van der Waals surface area contributed by atoms with Crippen molar-refractivity contribution in [3.8, 4) is 0 Å². The lowest BCUT2D eigenvalue weighted by Gasteiger charge is -2.27. The Balaban J connectivity index is 2.19. The van der Waals surface area contributed by atoms with E-state index in [4.69, 9.17) is 5.73 Å². The van der Waals surface area contributed by atoms with E-state index in [0.29, 0.717) is 0 Å². The molecule has 0 bridgehead atoms. The normalized spacial score (nSPS) is 17.6. The van der Waals surface area contributed by atoms with Crippen LogP contribution in [0.4, 0.5) is 11.5 Å². The number of anilines is 2. The molecule has 4 heteroatoms. The Morgan fingerprint density at radius 1 is 1.11 bits per heavy atom. The SMILES string of the molecule is CCCc1nn(C)c(N2CCCCCCC2)c1N. The second kappa shape index (κ2) is 6.12. The zero-order valence-corrected chi connectivity index (χ0v) is 11.8. The van der Waals surface area contributed by atoms with Crippen molar-refractivity contribution >= 4 is 11.5 Å². The summed E-state index contributed by atoms with van der Waals surface area (Å²) in [4.78, 5) is 2.43. The van der Waals surface area contributed by atoms with Crippen molar-refractivity contribution in [1.82, 2.24) is 9.78 Å². The van der Waals surface area contributed by atoms with E-state index >= 15 is 0 Å². The molecule has 18 heavy (non-hydrogen) atoms. The van der Waals surface area contributed by atoms with Crippen molar-refractivity contribution in [3.63, 3.8) is 0 Å². The third-order valence-electron chi connectivity index (χ3n) is 3.77. The van der Waals surface area contributed by atoms with Crippen LogP contribution in [0.5, 0.6) is 0 Å². The van der Waals surface area contributed by atoms with Crippen LogP contribution >= 0.6 is 0 Å². The second-order valence-electron chi connectivity index (χ2n) is 5.31. The van der Waals surface area contributed by atoms with Crippen LogP contribution in [0.1, 0.15) is 51.1 Å². The van der Waals surface area contributed by atoms with E-state index in [1.807, 2.05) is 11.7 Å². The fourth-order valence-electron chi connectivity index (χ4n) is 2.84. The first-order chi connectivity index (χ1) is 8.74. The summed E-state index contributed by atoms with van der Waals surface area (Å²) in [7, 11) is 2.02. The van der Waals surface area contributed by atoms with Crippen LogP contribution in [0.25, 0.3) is 0 Å². The first-order valence-electron chi connectivity index (χ1n) is 7.30. The molecule has 4 nitrogen and oxygen atoms in total. The maximum Gasteiger partial charge on any atom is 0.150 e. The zero-order chi connectivity index (χ0) is 13.0. The first-order valence-corrected chi connectivity index (χ1v) is 7.30. The summed E-state index contributed by atoms with van der Waals surface area (Å²) in [6, 6.07) is 0. The number of hydrogen-bond donors (Lipinski definition) is 1. The average molecular weight is 250 g/mol. The Hall–Kier alpha value is -1.19. The van der Waals surface area contributed by atoms with Crippen LogP contribution in [0, 0.1) is 0 Å². The Bertz CT molecular complexity index is 375. The minimum Gasteiger partial charge on any atom is -0.394 e. The Labute approximate surface area is 110 Å². The van der Waals surface area contributed by atoms with Gasteiger partial charge in [-0.3, -0.25) is 4.68 Å². The maximum atomic E-state index is 6.29. The van der Waals surface area contributed by atoms with Crippen LogP contribution < -0.4 is 10.6 Å². The van der Waals surface area contributed by atoms with Gasteiger partial charge in [0.2, 0.25) is 0 Å². The molecule has 2 rings (SSSR count). The van der Waals surface area contributed by atoms with E-state index in [-0.39, 0.29) is 0 Å². The lowest BCUT2D eigenvalue weighted by Crippen LogP contribution is -2.29. The van der Waals surface area contributed by atoms with Gasteiger partial charge >= 0.3 is 0 Å². The van der Waals surface area contributed by atoms with E-state index in [0.717, 1.165) is 43.1 Å². The fraction of sp³-hybridized carbons (Fsp3) is 0.786. The van der Waals surface area contributed by atoms with Crippen molar-refractivity contribution < 1.29 is 0 Å². The summed E-state index contributed by atoms with van der Waals surface area (Å²) in [5.74, 6) is 1.14. The molecule has 1 aromatic rings. The van der Waals surface area contributed by atoms with Crippen LogP contribution in [-0.4, -0.2) is 22.9 Å². The molecular formula is C14H26N4. The molecule has 0 radical (unpaired) electrons. The van der Waals surface area contributed by atoms with E-state index < -0.39 is 0 Å². The Morgan fingerprint density at radius 2 is 1.72 bits per heavy atom. The van der Waals surface area contributed by atoms with E-state index in [9.17, 15) is 0 Å². The second-order valence-corrected chi connectivity index (χ2v) is 5.31. The summed E-state index contributed by atoms with van der Waals surface area (Å²) < 4.78 is 1.97. The topological polar surface area (TPSA) is 47.1 Å². The molecular weight excluding hydrogens is 224 g/mol. The molecule has 1 aliphatic heterocycles. The highest BCUT2D eigenvalue weighted by Crippen LogP contribution is 2.28. The van der Waals surface area contributed by atoms with Crippen LogP contribution in [0.2, 0.25) is 0 Å². The summed E-state index contributed by atoms with van der Waals surface area (Å²) in [5.41, 5.74) is 8.26. The molecule has 2 heterocycles. The van der Waals surface area contributed by atoms with E-state index in [1.165, 1.54) is 32.1 Å². The minimum absolute atomic E-state index is 0.903. The third-order valence-corrected chi connectivity index (χ3v) is 3.77. The number of nitrogen functional groups attached to an aromatic ring is 1. The van der Waals surface area contributed by atoms with Gasteiger partial charge in [-0.2, -0.15) is 5.10 Å². The van der Waals surface area contributed by atoms with Crippen LogP contribution in [-0.2, 0) is 13.5 Å². The number of rotatable bonds is 3. The van der Waals surface area contributed by atoms with Gasteiger partial charge in [-0.15, -0.1) is 0 Å². The molecule has 102 valence electrons. The highest BCUT2D eigenvalue weighted by Gasteiger charge is 2.19. The molecule has 0 aromatic carbocycles. The molecule has 1 fully saturated rings. The summed E-state index contributed by atoms with van der Waals surface area (Å²) >= 11 is 0. The quantitative estimate of drug-likeness (QED) is 0.897. The van der Waals surface area contributed by atoms with Crippen molar-refractivity contribution in [1.29, 1.82) is 0 Å². The van der Waals surface area contributed by atoms with Gasteiger partial charge in [-0.1, -0.05) is 32.6 Å². The van der Waals surface area contributed by atoms with Crippen molar-refractivity contribution in [2.45, 2.75) is 51.9 Å². The first kappa shape index (κ1) is 13.2. The molecule has 1 saturated heterocycles. The molecule has 0 spiro atoms. The summed E-state index contributed by atoms with van der Waals surface area (Å²) in [6.07, 6.45) is 8.69. The molecule has 0 saturated carbocycles. The van der Waals surface area contributed by atoms with Crippen LogP contribution in [0.15, 0.2) is 0 Å². The van der Waals surface area contributed by atoms with E-state index in [1.54, 1.807) is 0 Å². The standard InChI is InChI=1S/C14H26N4/c1-3-9-12-13(15)14(17(2)16-12)18-10-7-5-4-6-8-11-18/h3-11,15H2,1-2H3. The van der Waals surface area contributed by atoms with Gasteiger partial charge in [0.25, 0.3) is 0 Å². The minimum atomic E-state index is 0.903. The van der Waals surface area contributed by atoms with Crippen LogP contribution in [0.3, 0.4) is 0 Å². The number of nitrogens with zero attached hydrogens (tertiary/aromatic N) is 3. The van der Waals surface area contributed by atoms with Crippen molar-refractivity contribution in [2.75, 3.05) is 23.7 Å². The average Bonchev–Trinajstić information content (AvgIpc) is 2.56. The van der Waals surface area contributed by atoms with Gasteiger partial charge in [0.15, 0.2) is 0 Å². The molecule has 0 unspecified atom stereocenters. The molecule has 0 amide bonds. The lowest BCUT2D eigenvalue weighted by atomic mass is 10.1. The number of hydrogen-bond acceptors (Lipinski definition) is 3. The molecule has 0 aliphatic carbocycles. The van der Waals surface area contributed by atoms with E-state index in [2.05, 4.69) is 16.9 Å². The van der Waals surface area contributed by atoms with Gasteiger partial charge in [0, 0.05) is 20.1 Å². The fourth-order valence-corrected chi connectivity index (χ4v) is 2.84. The summed E-state index contributed by atoms with van der Waals surface area (Å²) in [6.45, 7) is 4.41. The highest BCUT2D eigenvalue weighted by molar-refractivity contribution is 5.66. The lowest BCUT2D eigenvalue weighted by molar-refractivity contribution is 0.546. The smallest absolute Gasteiger partial charge is 0.150 e. The largest absolute Gasteiger partial charge is 0.394 e. The predicted molar refractivity (Wildman–Crippen MR) is 76.9 cm³/mol. The predicted octanol–water partition coefficient (Wildman–Crippen LogP) is 2.73. The van der Waals surface area contributed by atoms with Gasteiger partial charge < -0.3 is 10.6 Å². The van der Waals surface area contributed by atoms with Gasteiger partial charge in [0.1, 0.15) is 5.82 Å². The molecule has 1 aliphatic rings. The Morgan fingerprint density at radius 3 is 2.33 bits per heavy atom. The summed E-state index contributed by atoms with van der Waals surface area (Å²) in [5, 5.41) is 4.58. The zero-order valence-electron chi connectivity index (χ0n) is 11.8. The number of aromatic nitrogens is 2. The van der Waals surface area contributed by atoms with Gasteiger partial charge in [-0.05, 0) is 19.3 Å². The van der Waals surface area contributed by atoms with Gasteiger partial charge in [-0.25, -0.2) is 0 Å². The van der Waals surface area contributed by atoms with Crippen molar-refractivity contribution in [3.05, 3.63) is 5.69 Å². The number of aryl methyl sites for hydroxylation is 2. The highest BCUT2D eigenvalue weighted by atomic mass is 15.4. The van der Waals surface area contributed by atoms with Gasteiger partial charge in [0.05, 0.1) is 11.4 Å². The molecule has 1 aromatic heterocycles. The Kier molecular flexibility index (Phi) is 4.50. The monoisotopic (exact) mass is 250 g/mol. The third kappa shape index (κ3) is 2.79. The molecule has 2 N–H and O–H groups in total. The van der Waals surface area contributed by atoms with Crippen molar-refractivity contribution in [2.24, 2.45) is 7.05 Å².